The highest BCUT2D eigenvalue weighted by Crippen LogP contribution is 2.25. The Morgan fingerprint density at radius 3 is 2.73 bits per heavy atom. The number of sulfonamides is 1. The lowest BCUT2D eigenvalue weighted by atomic mass is 9.92. The van der Waals surface area contributed by atoms with Gasteiger partial charge in [0.2, 0.25) is 10.0 Å². The number of carbonyl (C=O) groups is 1. The second kappa shape index (κ2) is 5.73. The highest BCUT2D eigenvalue weighted by molar-refractivity contribution is 7.89. The smallest absolute Gasteiger partial charge is 0.315 e. The van der Waals surface area contributed by atoms with Crippen LogP contribution in [0.3, 0.4) is 0 Å². The average Bonchev–Trinajstić information content (AvgIpc) is 2.46. The van der Waals surface area contributed by atoms with Gasteiger partial charge in [0.25, 0.3) is 0 Å². The Labute approximate surface area is 126 Å². The van der Waals surface area contributed by atoms with E-state index in [1.165, 1.54) is 36.4 Å². The summed E-state index contributed by atoms with van der Waals surface area (Å²) in [6.45, 7) is 0. The first-order chi connectivity index (χ1) is 10.3. The van der Waals surface area contributed by atoms with Crippen LogP contribution in [0.15, 0.2) is 53.5 Å². The Morgan fingerprint density at radius 1 is 1.36 bits per heavy atom. The van der Waals surface area contributed by atoms with E-state index < -0.39 is 27.6 Å². The summed E-state index contributed by atoms with van der Waals surface area (Å²) in [5.74, 6) is -2.84. The normalized spacial score (nSPS) is 23.9. The predicted octanol–water partition coefficient (Wildman–Crippen LogP) is 0.352. The minimum absolute atomic E-state index is 0.128. The van der Waals surface area contributed by atoms with Gasteiger partial charge in [-0.3, -0.25) is 4.79 Å². The van der Waals surface area contributed by atoms with Crippen molar-refractivity contribution in [2.45, 2.75) is 10.6 Å². The Kier molecular flexibility index (Phi) is 4.14. The largest absolute Gasteiger partial charge is 0.481 e. The molecule has 1 aromatic carbocycles. The fourth-order valence-electron chi connectivity index (χ4n) is 2.00. The van der Waals surface area contributed by atoms with Gasteiger partial charge in [0.1, 0.15) is 5.92 Å². The minimum Gasteiger partial charge on any atom is -0.481 e. The zero-order chi connectivity index (χ0) is 16.4. The van der Waals surface area contributed by atoms with Crippen LogP contribution in [0.2, 0.25) is 0 Å². The molecule has 1 aromatic rings. The van der Waals surface area contributed by atoms with E-state index in [0.717, 1.165) is 12.1 Å². The number of nitrogens with zero attached hydrogens (tertiary/aromatic N) is 1. The molecule has 0 heterocycles. The van der Waals surface area contributed by atoms with E-state index in [1.807, 2.05) is 4.72 Å². The molecule has 0 amide bonds. The summed E-state index contributed by atoms with van der Waals surface area (Å²) in [7, 11) is -4.22. The van der Waals surface area contributed by atoms with Gasteiger partial charge in [-0.1, -0.05) is 24.3 Å². The van der Waals surface area contributed by atoms with Gasteiger partial charge < -0.3 is 10.2 Å². The maximum absolute atomic E-state index is 12.3. The molecule has 0 aliphatic heterocycles. The average molecular weight is 320 g/mol. The molecule has 3 N–H and O–H groups in total. The molecule has 0 aromatic heterocycles. The van der Waals surface area contributed by atoms with E-state index in [-0.39, 0.29) is 10.5 Å². The number of nitrogens with one attached hydrogen (secondary N) is 1. The number of hydrogen-bond donors (Lipinski definition) is 3. The molecule has 0 spiro atoms. The summed E-state index contributed by atoms with van der Waals surface area (Å²) < 4.78 is 26.6. The van der Waals surface area contributed by atoms with Crippen LogP contribution >= 0.6 is 0 Å². The van der Waals surface area contributed by atoms with Crippen LogP contribution in [-0.4, -0.2) is 30.3 Å². The van der Waals surface area contributed by atoms with Crippen LogP contribution in [0.4, 0.5) is 0 Å². The molecule has 0 saturated carbocycles. The first-order valence-electron chi connectivity index (χ1n) is 6.14. The first-order valence-corrected chi connectivity index (χ1v) is 7.62. The monoisotopic (exact) mass is 320 g/mol. The molecule has 22 heavy (non-hydrogen) atoms. The molecule has 1 aliphatic rings. The summed E-state index contributed by atoms with van der Waals surface area (Å²) in [6.07, 6.45) is 4.97. The molecule has 0 fully saturated rings. The third-order valence-corrected chi connectivity index (χ3v) is 4.55. The number of aliphatic carboxylic acids is 1. The van der Waals surface area contributed by atoms with Gasteiger partial charge in [-0.2, -0.15) is 9.98 Å². The maximum atomic E-state index is 12.3. The van der Waals surface area contributed by atoms with Crippen molar-refractivity contribution in [2.24, 2.45) is 5.92 Å². The molecule has 0 radical (unpaired) electrons. The number of nitriles is 1. The van der Waals surface area contributed by atoms with Gasteiger partial charge in [0.05, 0.1) is 16.5 Å². The van der Waals surface area contributed by atoms with Gasteiger partial charge in [-0.05, 0) is 24.3 Å². The number of aliphatic hydroxyl groups is 1. The quantitative estimate of drug-likeness (QED) is 0.687. The van der Waals surface area contributed by atoms with E-state index in [9.17, 15) is 18.3 Å². The van der Waals surface area contributed by atoms with Crippen molar-refractivity contribution in [3.8, 4) is 6.07 Å². The molecule has 0 bridgehead atoms. The SMILES string of the molecule is N#Cc1cccc(S(=O)(=O)NC2(O)C=CC=CC2C(=O)O)c1. The maximum Gasteiger partial charge on any atom is 0.315 e. The topological polar surface area (TPSA) is 127 Å². The van der Waals surface area contributed by atoms with Crippen LogP contribution in [-0.2, 0) is 14.8 Å². The van der Waals surface area contributed by atoms with E-state index in [1.54, 1.807) is 6.07 Å². The van der Waals surface area contributed by atoms with E-state index in [4.69, 9.17) is 10.4 Å². The number of rotatable bonds is 4. The second-order valence-electron chi connectivity index (χ2n) is 4.63. The number of allylic oxidation sites excluding steroid dienone is 2. The molecule has 0 saturated heterocycles. The third kappa shape index (κ3) is 3.07. The zero-order valence-corrected chi connectivity index (χ0v) is 12.0. The summed E-state index contributed by atoms with van der Waals surface area (Å²) >= 11 is 0. The van der Waals surface area contributed by atoms with Crippen LogP contribution in [0, 0.1) is 17.2 Å². The number of carboxylic acid groups (broad SMARTS) is 1. The molecular weight excluding hydrogens is 308 g/mol. The van der Waals surface area contributed by atoms with Crippen molar-refractivity contribution in [1.82, 2.24) is 4.72 Å². The predicted molar refractivity (Wildman–Crippen MR) is 75.8 cm³/mol. The molecule has 8 heteroatoms. The fraction of sp³-hybridized carbons (Fsp3) is 0.143. The van der Waals surface area contributed by atoms with Crippen molar-refractivity contribution in [2.75, 3.05) is 0 Å². The summed E-state index contributed by atoms with van der Waals surface area (Å²) in [4.78, 5) is 10.9. The van der Waals surface area contributed by atoms with Crippen LogP contribution < -0.4 is 4.72 Å². The zero-order valence-electron chi connectivity index (χ0n) is 11.2. The van der Waals surface area contributed by atoms with Gasteiger partial charge in [-0.15, -0.1) is 0 Å². The molecular formula is C14H12N2O5S. The summed E-state index contributed by atoms with van der Waals surface area (Å²) in [5.41, 5.74) is -2.16. The van der Waals surface area contributed by atoms with Crippen molar-refractivity contribution < 1.29 is 23.4 Å². The van der Waals surface area contributed by atoms with Crippen LogP contribution in [0.1, 0.15) is 5.56 Å². The van der Waals surface area contributed by atoms with E-state index >= 15 is 0 Å². The molecule has 1 aliphatic carbocycles. The standard InChI is InChI=1S/C14H12N2O5S/c15-9-10-4-3-5-11(8-10)22(20,21)16-14(19)7-2-1-6-12(14)13(17)18/h1-8,12,16,19H,(H,17,18). The van der Waals surface area contributed by atoms with Gasteiger partial charge in [0, 0.05) is 0 Å². The third-order valence-electron chi connectivity index (χ3n) is 3.08. The molecule has 2 atom stereocenters. The lowest BCUT2D eigenvalue weighted by molar-refractivity contribution is -0.146. The Bertz CT molecular complexity index is 807. The molecule has 2 rings (SSSR count). The number of benzene rings is 1. The lowest BCUT2D eigenvalue weighted by Crippen LogP contribution is -2.54. The van der Waals surface area contributed by atoms with Gasteiger partial charge in [0.15, 0.2) is 5.72 Å². The van der Waals surface area contributed by atoms with E-state index in [0.29, 0.717) is 0 Å². The van der Waals surface area contributed by atoms with Gasteiger partial charge >= 0.3 is 5.97 Å². The summed E-state index contributed by atoms with van der Waals surface area (Å²) in [5, 5.41) is 28.3. The fourth-order valence-corrected chi connectivity index (χ4v) is 3.29. The van der Waals surface area contributed by atoms with Crippen LogP contribution in [0.5, 0.6) is 0 Å². The van der Waals surface area contributed by atoms with Crippen molar-refractivity contribution in [3.63, 3.8) is 0 Å². The Morgan fingerprint density at radius 2 is 2.09 bits per heavy atom. The van der Waals surface area contributed by atoms with Crippen molar-refractivity contribution >= 4 is 16.0 Å². The Hall–Kier alpha value is -2.47. The number of carboxylic acids is 1. The molecule has 7 nitrogen and oxygen atoms in total. The molecule has 2 unspecified atom stereocenters. The highest BCUT2D eigenvalue weighted by Gasteiger charge is 2.42. The minimum atomic E-state index is -4.22. The highest BCUT2D eigenvalue weighted by atomic mass is 32.2. The second-order valence-corrected chi connectivity index (χ2v) is 6.31. The van der Waals surface area contributed by atoms with Crippen molar-refractivity contribution in [3.05, 3.63) is 54.1 Å². The van der Waals surface area contributed by atoms with Crippen molar-refractivity contribution in [1.29, 1.82) is 5.26 Å². The number of hydrogen-bond acceptors (Lipinski definition) is 5. The lowest BCUT2D eigenvalue weighted by Gasteiger charge is -2.31. The molecule has 114 valence electrons. The van der Waals surface area contributed by atoms with Crippen LogP contribution in [0.25, 0.3) is 0 Å². The summed E-state index contributed by atoms with van der Waals surface area (Å²) in [6, 6.07) is 6.98. The Balaban J connectivity index is 2.39. The van der Waals surface area contributed by atoms with Gasteiger partial charge in [-0.25, -0.2) is 8.42 Å². The van der Waals surface area contributed by atoms with E-state index in [2.05, 4.69) is 0 Å². The first kappa shape index (κ1) is 15.9.